The van der Waals surface area contributed by atoms with Crippen LogP contribution in [0.2, 0.25) is 0 Å². The second kappa shape index (κ2) is 6.40. The number of hydrogen-bond acceptors (Lipinski definition) is 3. The number of nitrogens with zero attached hydrogens (tertiary/aromatic N) is 1. The topological polar surface area (TPSA) is 55.6 Å². The van der Waals surface area contributed by atoms with Gasteiger partial charge in [0, 0.05) is 12.6 Å². The summed E-state index contributed by atoms with van der Waals surface area (Å²) in [6.07, 6.45) is 3.81. The molecule has 0 aliphatic carbocycles. The van der Waals surface area contributed by atoms with Gasteiger partial charge in [-0.3, -0.25) is 0 Å². The number of carbonyl (C=O) groups is 1. The molecule has 4 heteroatoms. The summed E-state index contributed by atoms with van der Waals surface area (Å²) in [5.41, 5.74) is 5.52. The summed E-state index contributed by atoms with van der Waals surface area (Å²) in [5, 5.41) is 0. The summed E-state index contributed by atoms with van der Waals surface area (Å²) in [6.45, 7) is 1.47. The molecule has 98 valence electrons. The molecule has 2 rings (SSSR count). The molecule has 1 aliphatic heterocycles. The molecule has 1 heterocycles. The predicted molar refractivity (Wildman–Crippen MR) is 70.5 cm³/mol. The Kier molecular flexibility index (Phi) is 4.59. The van der Waals surface area contributed by atoms with E-state index >= 15 is 0 Å². The molecule has 1 saturated heterocycles. The number of rotatable bonds is 4. The van der Waals surface area contributed by atoms with E-state index in [0.717, 1.165) is 32.2 Å². The normalized spacial score (nSPS) is 18.9. The Morgan fingerprint density at radius 1 is 1.39 bits per heavy atom. The van der Waals surface area contributed by atoms with E-state index < -0.39 is 0 Å². The van der Waals surface area contributed by atoms with Crippen molar-refractivity contribution in [1.29, 1.82) is 0 Å². The van der Waals surface area contributed by atoms with Crippen molar-refractivity contribution in [2.45, 2.75) is 31.7 Å². The van der Waals surface area contributed by atoms with Crippen LogP contribution in [0.3, 0.4) is 0 Å². The molecule has 18 heavy (non-hydrogen) atoms. The number of carbonyl (C=O) groups excluding carboxylic acids is 1. The Morgan fingerprint density at radius 3 is 2.89 bits per heavy atom. The molecular weight excluding hydrogens is 228 g/mol. The third-order valence-corrected chi connectivity index (χ3v) is 3.30. The summed E-state index contributed by atoms with van der Waals surface area (Å²) in [6, 6.07) is 9.50. The van der Waals surface area contributed by atoms with Gasteiger partial charge in [0.2, 0.25) is 0 Å². The summed E-state index contributed by atoms with van der Waals surface area (Å²) in [4.78, 5) is 13.9. The molecule has 0 aromatic heterocycles. The molecule has 0 saturated carbocycles. The van der Waals surface area contributed by atoms with Gasteiger partial charge in [0.05, 0.1) is 0 Å². The van der Waals surface area contributed by atoms with Crippen LogP contribution in [0.1, 0.15) is 25.7 Å². The average molecular weight is 248 g/mol. The van der Waals surface area contributed by atoms with Crippen molar-refractivity contribution in [3.63, 3.8) is 0 Å². The second-order valence-electron chi connectivity index (χ2n) is 4.60. The molecule has 2 N–H and O–H groups in total. The lowest BCUT2D eigenvalue weighted by Crippen LogP contribution is -2.37. The van der Waals surface area contributed by atoms with Crippen LogP contribution in [0.25, 0.3) is 0 Å². The summed E-state index contributed by atoms with van der Waals surface area (Å²) >= 11 is 0. The zero-order valence-electron chi connectivity index (χ0n) is 10.5. The van der Waals surface area contributed by atoms with Crippen LogP contribution >= 0.6 is 0 Å². The molecule has 1 unspecified atom stereocenters. The zero-order chi connectivity index (χ0) is 12.8. The first kappa shape index (κ1) is 12.9. The van der Waals surface area contributed by atoms with Gasteiger partial charge in [-0.2, -0.15) is 0 Å². The third kappa shape index (κ3) is 3.23. The minimum Gasteiger partial charge on any atom is -0.410 e. The fraction of sp³-hybridized carbons (Fsp3) is 0.500. The number of benzene rings is 1. The van der Waals surface area contributed by atoms with Crippen molar-refractivity contribution < 1.29 is 9.53 Å². The zero-order valence-corrected chi connectivity index (χ0v) is 10.5. The molecule has 0 spiro atoms. The highest BCUT2D eigenvalue weighted by atomic mass is 16.6. The van der Waals surface area contributed by atoms with Crippen LogP contribution in [0.5, 0.6) is 5.75 Å². The molecular formula is C14H20N2O2. The van der Waals surface area contributed by atoms with Gasteiger partial charge in [0.15, 0.2) is 0 Å². The standard InChI is InChI=1S/C14H20N2O2/c15-10-4-6-12-7-5-11-16(12)14(17)18-13-8-2-1-3-9-13/h1-3,8-9,12H,4-7,10-11,15H2. The van der Waals surface area contributed by atoms with Crippen LogP contribution < -0.4 is 10.5 Å². The minimum atomic E-state index is -0.235. The largest absolute Gasteiger partial charge is 0.415 e. The maximum Gasteiger partial charge on any atom is 0.415 e. The third-order valence-electron chi connectivity index (χ3n) is 3.30. The van der Waals surface area contributed by atoms with E-state index in [4.69, 9.17) is 10.5 Å². The van der Waals surface area contributed by atoms with Gasteiger partial charge in [-0.25, -0.2) is 4.79 Å². The first-order valence-electron chi connectivity index (χ1n) is 6.55. The first-order valence-corrected chi connectivity index (χ1v) is 6.55. The lowest BCUT2D eigenvalue weighted by atomic mass is 10.1. The molecule has 1 atom stereocenters. The molecule has 0 radical (unpaired) electrons. The van der Waals surface area contributed by atoms with Crippen LogP contribution in [-0.2, 0) is 0 Å². The minimum absolute atomic E-state index is 0.235. The molecule has 0 bridgehead atoms. The van der Waals surface area contributed by atoms with E-state index in [0.29, 0.717) is 18.3 Å². The fourth-order valence-electron chi connectivity index (χ4n) is 2.38. The van der Waals surface area contributed by atoms with Crippen LogP contribution in [0.4, 0.5) is 4.79 Å². The Hall–Kier alpha value is -1.55. The van der Waals surface area contributed by atoms with E-state index in [9.17, 15) is 4.79 Å². The van der Waals surface area contributed by atoms with Crippen molar-refractivity contribution in [3.05, 3.63) is 30.3 Å². The van der Waals surface area contributed by atoms with Crippen LogP contribution in [0, 0.1) is 0 Å². The van der Waals surface area contributed by atoms with E-state index in [1.165, 1.54) is 0 Å². The lowest BCUT2D eigenvalue weighted by molar-refractivity contribution is 0.145. The molecule has 1 aromatic rings. The molecule has 1 fully saturated rings. The number of nitrogens with two attached hydrogens (primary N) is 1. The number of para-hydroxylation sites is 1. The SMILES string of the molecule is NCCCC1CCCN1C(=O)Oc1ccccc1. The smallest absolute Gasteiger partial charge is 0.410 e. The van der Waals surface area contributed by atoms with E-state index in [1.54, 1.807) is 12.1 Å². The monoisotopic (exact) mass is 248 g/mol. The van der Waals surface area contributed by atoms with Crippen molar-refractivity contribution in [3.8, 4) is 5.75 Å². The van der Waals surface area contributed by atoms with Gasteiger partial charge in [-0.1, -0.05) is 18.2 Å². The van der Waals surface area contributed by atoms with Gasteiger partial charge in [0.25, 0.3) is 0 Å². The molecule has 1 amide bonds. The molecule has 1 aromatic carbocycles. The van der Waals surface area contributed by atoms with E-state index in [2.05, 4.69) is 0 Å². The Labute approximate surface area is 108 Å². The maximum absolute atomic E-state index is 12.1. The van der Waals surface area contributed by atoms with Crippen LogP contribution in [-0.4, -0.2) is 30.1 Å². The predicted octanol–water partition coefficient (Wildman–Crippen LogP) is 2.39. The summed E-state index contributed by atoms with van der Waals surface area (Å²) < 4.78 is 5.36. The number of hydrogen-bond donors (Lipinski definition) is 1. The van der Waals surface area contributed by atoms with Crippen molar-refractivity contribution in [2.24, 2.45) is 5.73 Å². The number of likely N-dealkylation sites (tertiary alicyclic amines) is 1. The Morgan fingerprint density at radius 2 is 2.17 bits per heavy atom. The van der Waals surface area contributed by atoms with E-state index in [1.807, 2.05) is 23.1 Å². The van der Waals surface area contributed by atoms with Gasteiger partial charge < -0.3 is 15.4 Å². The van der Waals surface area contributed by atoms with Crippen molar-refractivity contribution in [1.82, 2.24) is 4.90 Å². The maximum atomic E-state index is 12.1. The molecule has 1 aliphatic rings. The Balaban J connectivity index is 1.91. The van der Waals surface area contributed by atoms with Gasteiger partial charge in [-0.05, 0) is 44.4 Å². The molecule has 4 nitrogen and oxygen atoms in total. The van der Waals surface area contributed by atoms with Crippen molar-refractivity contribution >= 4 is 6.09 Å². The van der Waals surface area contributed by atoms with Gasteiger partial charge in [-0.15, -0.1) is 0 Å². The van der Waals surface area contributed by atoms with Gasteiger partial charge >= 0.3 is 6.09 Å². The number of amides is 1. The van der Waals surface area contributed by atoms with E-state index in [-0.39, 0.29) is 6.09 Å². The second-order valence-corrected chi connectivity index (χ2v) is 4.60. The lowest BCUT2D eigenvalue weighted by Gasteiger charge is -2.23. The first-order chi connectivity index (χ1) is 8.81. The van der Waals surface area contributed by atoms with Gasteiger partial charge in [0.1, 0.15) is 5.75 Å². The summed E-state index contributed by atoms with van der Waals surface area (Å²) in [7, 11) is 0. The highest BCUT2D eigenvalue weighted by Crippen LogP contribution is 2.22. The Bertz CT molecular complexity index is 381. The quantitative estimate of drug-likeness (QED) is 0.890. The highest BCUT2D eigenvalue weighted by molar-refractivity contribution is 5.71. The highest BCUT2D eigenvalue weighted by Gasteiger charge is 2.29. The van der Waals surface area contributed by atoms with Crippen molar-refractivity contribution in [2.75, 3.05) is 13.1 Å². The average Bonchev–Trinajstić information content (AvgIpc) is 2.86. The number of ether oxygens (including phenoxy) is 1. The summed E-state index contributed by atoms with van der Waals surface area (Å²) in [5.74, 6) is 0.604. The fourth-order valence-corrected chi connectivity index (χ4v) is 2.38. The van der Waals surface area contributed by atoms with Crippen LogP contribution in [0.15, 0.2) is 30.3 Å².